The van der Waals surface area contributed by atoms with E-state index in [0.717, 1.165) is 5.56 Å². The summed E-state index contributed by atoms with van der Waals surface area (Å²) in [5, 5.41) is 9.93. The summed E-state index contributed by atoms with van der Waals surface area (Å²) in [5.74, 6) is -0.404. The average molecular weight is 247 g/mol. The van der Waals surface area contributed by atoms with Crippen LogP contribution in [0.25, 0.3) is 0 Å². The van der Waals surface area contributed by atoms with Crippen LogP contribution in [0.5, 0.6) is 0 Å². The van der Waals surface area contributed by atoms with E-state index in [1.165, 1.54) is 6.07 Å². The summed E-state index contributed by atoms with van der Waals surface area (Å²) in [6.07, 6.45) is -0.0636. The highest BCUT2D eigenvalue weighted by molar-refractivity contribution is 6.30. The predicted molar refractivity (Wildman–Crippen MR) is 62.2 cm³/mol. The highest BCUT2D eigenvalue weighted by Gasteiger charge is 2.15. The van der Waals surface area contributed by atoms with Gasteiger partial charge in [0.15, 0.2) is 0 Å². The first-order chi connectivity index (χ1) is 7.54. The van der Waals surface area contributed by atoms with Crippen LogP contribution in [-0.2, 0) is 11.2 Å². The van der Waals surface area contributed by atoms with Crippen molar-refractivity contribution in [2.24, 2.45) is 5.92 Å². The van der Waals surface area contributed by atoms with E-state index < -0.39 is 11.9 Å². The van der Waals surface area contributed by atoms with E-state index in [-0.39, 0.29) is 10.9 Å². The van der Waals surface area contributed by atoms with Crippen LogP contribution < -0.4 is 0 Å². The fraction of sp³-hybridized carbons (Fsp3) is 0.500. The maximum atomic E-state index is 12.9. The number of hydrogen-bond acceptors (Lipinski definition) is 2. The van der Waals surface area contributed by atoms with Gasteiger partial charge in [0.1, 0.15) is 5.82 Å². The van der Waals surface area contributed by atoms with Gasteiger partial charge >= 0.3 is 0 Å². The second-order valence-corrected chi connectivity index (χ2v) is 4.36. The maximum absolute atomic E-state index is 12.9. The molecule has 90 valence electrons. The van der Waals surface area contributed by atoms with Gasteiger partial charge in [-0.05, 0) is 24.1 Å². The van der Waals surface area contributed by atoms with Crippen LogP contribution in [0.1, 0.15) is 12.5 Å². The molecule has 0 aliphatic rings. The lowest BCUT2D eigenvalue weighted by atomic mass is 9.98. The van der Waals surface area contributed by atoms with Gasteiger partial charge < -0.3 is 9.84 Å². The number of benzene rings is 1. The van der Waals surface area contributed by atoms with Crippen LogP contribution in [0.2, 0.25) is 5.02 Å². The molecule has 16 heavy (non-hydrogen) atoms. The van der Waals surface area contributed by atoms with Crippen molar-refractivity contribution in [1.82, 2.24) is 0 Å². The Balaban J connectivity index is 2.62. The third-order valence-corrected chi connectivity index (χ3v) is 2.80. The van der Waals surface area contributed by atoms with Gasteiger partial charge in [0.25, 0.3) is 0 Å². The number of rotatable bonds is 5. The zero-order chi connectivity index (χ0) is 12.1. The Morgan fingerprint density at radius 1 is 1.50 bits per heavy atom. The molecule has 0 heterocycles. The van der Waals surface area contributed by atoms with Crippen molar-refractivity contribution < 1.29 is 14.2 Å². The summed E-state index contributed by atoms with van der Waals surface area (Å²) in [6, 6.07) is 4.48. The fourth-order valence-electron chi connectivity index (χ4n) is 1.48. The molecule has 0 saturated heterocycles. The molecular formula is C12H16ClFO2. The van der Waals surface area contributed by atoms with E-state index >= 15 is 0 Å². The number of methoxy groups -OCH3 is 1. The number of halogens is 2. The summed E-state index contributed by atoms with van der Waals surface area (Å²) in [4.78, 5) is 0. The molecule has 2 atom stereocenters. The third kappa shape index (κ3) is 3.74. The Morgan fingerprint density at radius 3 is 2.75 bits per heavy atom. The van der Waals surface area contributed by atoms with Crippen LogP contribution in [0, 0.1) is 11.7 Å². The van der Waals surface area contributed by atoms with Gasteiger partial charge in [0.05, 0.1) is 17.7 Å². The fourth-order valence-corrected chi connectivity index (χ4v) is 1.69. The summed E-state index contributed by atoms with van der Waals surface area (Å²) in [6.45, 7) is 2.40. The van der Waals surface area contributed by atoms with Crippen molar-refractivity contribution in [2.75, 3.05) is 13.7 Å². The lowest BCUT2D eigenvalue weighted by Gasteiger charge is -2.18. The minimum Gasteiger partial charge on any atom is -0.392 e. The Labute approximate surface area is 100.0 Å². The lowest BCUT2D eigenvalue weighted by molar-refractivity contribution is 0.0575. The summed E-state index contributed by atoms with van der Waals surface area (Å²) < 4.78 is 17.9. The van der Waals surface area contributed by atoms with E-state index in [1.54, 1.807) is 19.2 Å². The molecule has 0 fully saturated rings. The van der Waals surface area contributed by atoms with E-state index in [2.05, 4.69) is 0 Å². The molecule has 0 spiro atoms. The summed E-state index contributed by atoms with van der Waals surface area (Å²) in [5.41, 5.74) is 0.821. The van der Waals surface area contributed by atoms with E-state index in [4.69, 9.17) is 16.3 Å². The van der Waals surface area contributed by atoms with E-state index in [1.807, 2.05) is 6.92 Å². The van der Waals surface area contributed by atoms with Gasteiger partial charge in [-0.15, -0.1) is 0 Å². The zero-order valence-electron chi connectivity index (χ0n) is 9.41. The van der Waals surface area contributed by atoms with Crippen LogP contribution in [-0.4, -0.2) is 24.9 Å². The molecule has 0 saturated carbocycles. The molecule has 2 unspecified atom stereocenters. The summed E-state index contributed by atoms with van der Waals surface area (Å²) >= 11 is 5.66. The molecule has 1 aromatic rings. The zero-order valence-corrected chi connectivity index (χ0v) is 10.2. The van der Waals surface area contributed by atoms with Crippen molar-refractivity contribution in [2.45, 2.75) is 19.4 Å². The highest BCUT2D eigenvalue weighted by atomic mass is 35.5. The number of hydrogen-bond donors (Lipinski definition) is 1. The van der Waals surface area contributed by atoms with E-state index in [0.29, 0.717) is 13.0 Å². The quantitative estimate of drug-likeness (QED) is 0.866. The van der Waals surface area contributed by atoms with E-state index in [9.17, 15) is 9.50 Å². The molecule has 0 radical (unpaired) electrons. The number of aliphatic hydroxyl groups is 1. The molecule has 2 nitrogen and oxygen atoms in total. The first-order valence-electron chi connectivity index (χ1n) is 5.15. The predicted octanol–water partition coefficient (Wildman–Crippen LogP) is 2.67. The van der Waals surface area contributed by atoms with Crippen molar-refractivity contribution in [3.8, 4) is 0 Å². The van der Waals surface area contributed by atoms with Crippen LogP contribution in [0.15, 0.2) is 18.2 Å². The van der Waals surface area contributed by atoms with Crippen LogP contribution in [0.4, 0.5) is 4.39 Å². The third-order valence-electron chi connectivity index (χ3n) is 2.52. The summed E-state index contributed by atoms with van der Waals surface area (Å²) in [7, 11) is 1.60. The molecule has 1 aromatic carbocycles. The van der Waals surface area contributed by atoms with Crippen molar-refractivity contribution >= 4 is 11.6 Å². The molecule has 0 aliphatic heterocycles. The average Bonchev–Trinajstić information content (AvgIpc) is 2.24. The van der Waals surface area contributed by atoms with Crippen molar-refractivity contribution in [1.29, 1.82) is 0 Å². The molecule has 0 bridgehead atoms. The molecule has 0 amide bonds. The molecule has 1 N–H and O–H groups in total. The second-order valence-electron chi connectivity index (χ2n) is 3.95. The minimum absolute atomic E-state index is 0.0360. The Hall–Kier alpha value is -0.640. The van der Waals surface area contributed by atoms with Crippen LogP contribution in [0.3, 0.4) is 0 Å². The molecular weight excluding hydrogens is 231 g/mol. The minimum atomic E-state index is -0.513. The number of ether oxygens (including phenoxy) is 1. The van der Waals surface area contributed by atoms with Crippen LogP contribution >= 0.6 is 11.6 Å². The standard InChI is InChI=1S/C12H16ClFO2/c1-8(7-16-2)12(15)6-9-3-4-11(14)10(13)5-9/h3-5,8,12,15H,6-7H2,1-2H3. The SMILES string of the molecule is COCC(C)C(O)Cc1ccc(F)c(Cl)c1. The Morgan fingerprint density at radius 2 is 2.19 bits per heavy atom. The van der Waals surface area contributed by atoms with Gasteiger partial charge in [0, 0.05) is 13.0 Å². The maximum Gasteiger partial charge on any atom is 0.141 e. The van der Waals surface area contributed by atoms with Gasteiger partial charge in [-0.3, -0.25) is 0 Å². The van der Waals surface area contributed by atoms with Gasteiger partial charge in [-0.1, -0.05) is 24.6 Å². The van der Waals surface area contributed by atoms with Crippen molar-refractivity contribution in [3.05, 3.63) is 34.6 Å². The van der Waals surface area contributed by atoms with Gasteiger partial charge in [-0.2, -0.15) is 0 Å². The largest absolute Gasteiger partial charge is 0.392 e. The topological polar surface area (TPSA) is 29.5 Å². The molecule has 1 rings (SSSR count). The Kier molecular flexibility index (Phi) is 5.19. The first kappa shape index (κ1) is 13.4. The molecule has 4 heteroatoms. The highest BCUT2D eigenvalue weighted by Crippen LogP contribution is 2.18. The lowest BCUT2D eigenvalue weighted by Crippen LogP contribution is -2.24. The Bertz CT molecular complexity index is 344. The first-order valence-corrected chi connectivity index (χ1v) is 5.53. The second kappa shape index (κ2) is 6.18. The monoisotopic (exact) mass is 246 g/mol. The van der Waals surface area contributed by atoms with Crippen molar-refractivity contribution in [3.63, 3.8) is 0 Å². The normalized spacial score (nSPS) is 14.8. The van der Waals surface area contributed by atoms with Gasteiger partial charge in [-0.25, -0.2) is 4.39 Å². The molecule has 0 aliphatic carbocycles. The number of aliphatic hydroxyl groups excluding tert-OH is 1. The smallest absolute Gasteiger partial charge is 0.141 e. The molecule has 0 aromatic heterocycles. The van der Waals surface area contributed by atoms with Gasteiger partial charge in [0.2, 0.25) is 0 Å².